The van der Waals surface area contributed by atoms with Gasteiger partial charge in [-0.05, 0) is 41.5 Å². The fourth-order valence-corrected chi connectivity index (χ4v) is 6.48. The summed E-state index contributed by atoms with van der Waals surface area (Å²) in [4.78, 5) is 18.8. The highest BCUT2D eigenvalue weighted by atomic mass is 15.5. The van der Waals surface area contributed by atoms with Crippen LogP contribution >= 0.6 is 0 Å². The molecule has 0 atom stereocenters. The summed E-state index contributed by atoms with van der Waals surface area (Å²) in [6, 6.07) is 7.72. The minimum Gasteiger partial charge on any atom is -0.324 e. The van der Waals surface area contributed by atoms with Crippen molar-refractivity contribution in [1.82, 2.24) is 98.7 Å². The lowest BCUT2D eigenvalue weighted by atomic mass is 10.3. The minimum atomic E-state index is -0.176. The SMILES string of the molecule is Cc1nn2nc(C)c(/N=N/c3c(C#N)cnn3-c3cc(-n4ncc(C#N)c4/N=N/c4c(C)nn5nc(C)[nH]c45)nc(-n4ncc(C#N)c4/N=N/c4c(C)nn5nc(C)[nH]c45)n3)c2[nH]1. The summed E-state index contributed by atoms with van der Waals surface area (Å²) >= 11 is 0. The van der Waals surface area contributed by atoms with Crippen molar-refractivity contribution in [2.24, 2.45) is 30.7 Å². The Labute approximate surface area is 349 Å². The van der Waals surface area contributed by atoms with E-state index in [1.54, 1.807) is 41.5 Å². The lowest BCUT2D eigenvalue weighted by molar-refractivity contribution is 0.746. The van der Waals surface area contributed by atoms with Crippen LogP contribution in [0.15, 0.2) is 55.3 Å². The van der Waals surface area contributed by atoms with Gasteiger partial charge in [0.05, 0.1) is 35.7 Å². The number of nitrogens with zero attached hydrogens (tertiary/aromatic N) is 26. The number of nitrogens with one attached hydrogen (secondary N) is 3. The highest BCUT2D eigenvalue weighted by Crippen LogP contribution is 2.33. The Morgan fingerprint density at radius 3 is 1.14 bits per heavy atom. The molecular formula is C34H25N29. The molecule has 0 saturated carbocycles. The zero-order chi connectivity index (χ0) is 43.7. The molecule has 10 aromatic rings. The molecule has 0 aliphatic carbocycles. The molecule has 0 aromatic carbocycles. The normalized spacial score (nSPS) is 12.0. The predicted molar refractivity (Wildman–Crippen MR) is 211 cm³/mol. The molecule has 0 bridgehead atoms. The number of aryl methyl sites for hydroxylation is 6. The van der Waals surface area contributed by atoms with Crippen LogP contribution < -0.4 is 0 Å². The van der Waals surface area contributed by atoms with Crippen LogP contribution in [0.1, 0.15) is 51.2 Å². The molecule has 0 unspecified atom stereocenters. The van der Waals surface area contributed by atoms with Gasteiger partial charge in [-0.1, -0.05) is 0 Å². The lowest BCUT2D eigenvalue weighted by Gasteiger charge is -2.10. The molecule has 0 radical (unpaired) electrons. The third kappa shape index (κ3) is 6.10. The Bertz CT molecular complexity index is 3300. The van der Waals surface area contributed by atoms with Gasteiger partial charge in [-0.2, -0.15) is 70.4 Å². The Morgan fingerprint density at radius 2 is 0.794 bits per heavy atom. The number of nitriles is 3. The van der Waals surface area contributed by atoms with Crippen molar-refractivity contribution in [3.05, 3.63) is 75.9 Å². The third-order valence-corrected chi connectivity index (χ3v) is 9.31. The van der Waals surface area contributed by atoms with E-state index in [2.05, 4.69) is 110 Å². The number of hydrogen-bond acceptors (Lipinski definition) is 20. The quantitative estimate of drug-likeness (QED) is 0.163. The molecule has 10 heterocycles. The second-order valence-corrected chi connectivity index (χ2v) is 13.6. The van der Waals surface area contributed by atoms with Crippen LogP contribution in [-0.4, -0.2) is 98.7 Å². The Hall–Kier alpha value is -9.98. The van der Waals surface area contributed by atoms with Gasteiger partial charge in [0.1, 0.15) is 52.4 Å². The summed E-state index contributed by atoms with van der Waals surface area (Å²) in [5, 5.41) is 96.5. The molecule has 63 heavy (non-hydrogen) atoms. The van der Waals surface area contributed by atoms with E-state index in [0.717, 1.165) is 0 Å². The van der Waals surface area contributed by atoms with Crippen molar-refractivity contribution in [3.8, 4) is 35.8 Å². The first-order chi connectivity index (χ1) is 30.5. The van der Waals surface area contributed by atoms with Gasteiger partial charge in [-0.3, -0.25) is 0 Å². The molecule has 0 saturated heterocycles. The Balaban J connectivity index is 1.16. The number of rotatable bonds is 9. The largest absolute Gasteiger partial charge is 0.324 e. The van der Waals surface area contributed by atoms with Crippen molar-refractivity contribution >= 4 is 51.5 Å². The number of azo groups is 3. The van der Waals surface area contributed by atoms with Gasteiger partial charge in [-0.15, -0.1) is 59.9 Å². The summed E-state index contributed by atoms with van der Waals surface area (Å²) < 4.78 is 7.86. The smallest absolute Gasteiger partial charge is 0.256 e. The molecule has 0 amide bonds. The van der Waals surface area contributed by atoms with E-state index >= 15 is 0 Å². The van der Waals surface area contributed by atoms with Gasteiger partial charge in [0.15, 0.2) is 63.1 Å². The maximum absolute atomic E-state index is 10.2. The Morgan fingerprint density at radius 1 is 0.460 bits per heavy atom. The first-order valence-corrected chi connectivity index (χ1v) is 18.4. The van der Waals surface area contributed by atoms with Crippen LogP contribution in [0, 0.1) is 75.5 Å². The van der Waals surface area contributed by atoms with Gasteiger partial charge >= 0.3 is 0 Å². The van der Waals surface area contributed by atoms with Crippen LogP contribution in [0.2, 0.25) is 0 Å². The fourth-order valence-electron chi connectivity index (χ4n) is 6.48. The summed E-state index contributed by atoms with van der Waals surface area (Å²) in [5.41, 5.74) is 4.18. The minimum absolute atomic E-state index is 0.0118. The molecule has 306 valence electrons. The van der Waals surface area contributed by atoms with E-state index < -0.39 is 0 Å². The number of aromatic nitrogens is 20. The average molecular weight is 840 g/mol. The number of H-pyrrole nitrogens is 3. The number of hydrogen-bond donors (Lipinski definition) is 3. The molecule has 0 spiro atoms. The van der Waals surface area contributed by atoms with Crippen molar-refractivity contribution in [3.63, 3.8) is 0 Å². The Kier molecular flexibility index (Phi) is 8.34. The van der Waals surface area contributed by atoms with Crippen LogP contribution in [0.3, 0.4) is 0 Å². The second kappa shape index (κ2) is 14.1. The summed E-state index contributed by atoms with van der Waals surface area (Å²) in [7, 11) is 0. The van der Waals surface area contributed by atoms with Crippen LogP contribution in [0.4, 0.5) is 34.5 Å². The predicted octanol–water partition coefficient (Wildman–Crippen LogP) is 4.86. The van der Waals surface area contributed by atoms with Gasteiger partial charge in [0.2, 0.25) is 0 Å². The maximum atomic E-state index is 10.2. The molecule has 29 nitrogen and oxygen atoms in total. The van der Waals surface area contributed by atoms with E-state index in [1.807, 2.05) is 0 Å². The van der Waals surface area contributed by atoms with Gasteiger partial charge in [0, 0.05) is 6.07 Å². The second-order valence-electron chi connectivity index (χ2n) is 13.6. The fraction of sp³-hybridized carbons (Fsp3) is 0.176. The van der Waals surface area contributed by atoms with Crippen molar-refractivity contribution in [2.75, 3.05) is 0 Å². The molecule has 0 fully saturated rings. The van der Waals surface area contributed by atoms with E-state index in [-0.39, 0.29) is 51.7 Å². The summed E-state index contributed by atoms with van der Waals surface area (Å²) in [6.07, 6.45) is 3.85. The average Bonchev–Trinajstić information content (AvgIpc) is 4.14. The molecule has 29 heteroatoms. The first kappa shape index (κ1) is 37.3. The van der Waals surface area contributed by atoms with E-state index in [1.165, 1.54) is 52.6 Å². The molecule has 10 rings (SSSR count). The third-order valence-electron chi connectivity index (χ3n) is 9.31. The van der Waals surface area contributed by atoms with E-state index in [9.17, 15) is 15.8 Å². The van der Waals surface area contributed by atoms with E-state index in [0.29, 0.717) is 68.6 Å². The lowest BCUT2D eigenvalue weighted by Crippen LogP contribution is -2.11. The zero-order valence-corrected chi connectivity index (χ0v) is 33.4. The van der Waals surface area contributed by atoms with Gasteiger partial charge in [-0.25, -0.2) is 0 Å². The van der Waals surface area contributed by atoms with Crippen LogP contribution in [0.5, 0.6) is 0 Å². The van der Waals surface area contributed by atoms with Gasteiger partial charge < -0.3 is 15.0 Å². The molecule has 0 aliphatic rings. The van der Waals surface area contributed by atoms with Crippen molar-refractivity contribution in [1.29, 1.82) is 15.8 Å². The van der Waals surface area contributed by atoms with Gasteiger partial charge in [0.25, 0.3) is 5.95 Å². The molecule has 3 N–H and O–H groups in total. The first-order valence-electron chi connectivity index (χ1n) is 18.4. The maximum Gasteiger partial charge on any atom is 0.256 e. The highest BCUT2D eigenvalue weighted by Gasteiger charge is 2.24. The number of aromatic amines is 3. The number of fused-ring (bicyclic) bond motifs is 3. The topological polar surface area (TPSA) is 363 Å². The van der Waals surface area contributed by atoms with Crippen molar-refractivity contribution < 1.29 is 0 Å². The summed E-state index contributed by atoms with van der Waals surface area (Å²) in [6.45, 7) is 10.5. The monoisotopic (exact) mass is 839 g/mol. The van der Waals surface area contributed by atoms with Crippen molar-refractivity contribution in [2.45, 2.75) is 41.5 Å². The van der Waals surface area contributed by atoms with Crippen LogP contribution in [0.25, 0.3) is 34.5 Å². The molecule has 10 aromatic heterocycles. The van der Waals surface area contributed by atoms with E-state index in [4.69, 9.17) is 9.97 Å². The van der Waals surface area contributed by atoms with Crippen LogP contribution in [-0.2, 0) is 0 Å². The summed E-state index contributed by atoms with van der Waals surface area (Å²) in [5.74, 6) is 1.54. The zero-order valence-electron chi connectivity index (χ0n) is 33.4. The standard InChI is InChI=1S/C34H25N29/c1-14-25(31-41-17(4)55-61(31)52-14)46-49-28-20(8-35)11-38-58(28)23-7-24(59-29(21(9-36)12-39-59)50-47-26-15(2)53-62-32(26)42-18(5)56-62)45-34(44-23)60-30(22(10-37)13-40-60)51-48-27-16(3)54-63-33(27)43-19(6)57-63/h7,11-13H,1-6H3,(H,41,55)(H,42,56)(H,43,57)/b49-46+,50-47+,51-48+. The highest BCUT2D eigenvalue weighted by molar-refractivity contribution is 5.68. The molecule has 0 aliphatic heterocycles. The molecular weight excluding hydrogens is 815 g/mol.